The van der Waals surface area contributed by atoms with Crippen molar-refractivity contribution in [2.24, 2.45) is 0 Å². The normalized spacial score (nSPS) is 10.6. The molecule has 7 heteroatoms. The highest BCUT2D eigenvalue weighted by Gasteiger charge is 2.11. The molecule has 0 aliphatic rings. The number of hydrogen-bond donors (Lipinski definition) is 2. The van der Waals surface area contributed by atoms with Gasteiger partial charge in [-0.3, -0.25) is 4.57 Å². The summed E-state index contributed by atoms with van der Waals surface area (Å²) in [5, 5.41) is 5.47. The smallest absolute Gasteiger partial charge is 0.419 e. The van der Waals surface area contributed by atoms with Crippen molar-refractivity contribution in [2.75, 3.05) is 17.2 Å². The molecule has 0 aliphatic heterocycles. The first-order valence-corrected chi connectivity index (χ1v) is 8.05. The van der Waals surface area contributed by atoms with Crippen LogP contribution >= 0.6 is 0 Å². The van der Waals surface area contributed by atoms with Gasteiger partial charge in [0.25, 0.3) is 0 Å². The number of para-hydroxylation sites is 2. The van der Waals surface area contributed by atoms with Crippen molar-refractivity contribution in [2.45, 2.75) is 20.4 Å². The quantitative estimate of drug-likeness (QED) is 0.741. The third-order valence-corrected chi connectivity index (χ3v) is 3.68. The van der Waals surface area contributed by atoms with E-state index in [9.17, 15) is 9.59 Å². The molecule has 1 heterocycles. The predicted octanol–water partition coefficient (Wildman–Crippen LogP) is 3.66. The molecule has 0 atom stereocenters. The van der Waals surface area contributed by atoms with Crippen LogP contribution in [-0.2, 0) is 6.54 Å². The Morgan fingerprint density at radius 3 is 2.72 bits per heavy atom. The summed E-state index contributed by atoms with van der Waals surface area (Å²) in [5.41, 5.74) is 2.22. The van der Waals surface area contributed by atoms with Gasteiger partial charge >= 0.3 is 11.8 Å². The number of carbonyl (C=O) groups excluding carboxylic acids is 1. The standard InChI is InChI=1S/C18H19N3O4/c1-3-21-14-10-9-12(11-16(14)25-18(21)23)19-17(22)20-13-7-5-6-8-15(13)24-4-2/h5-11H,3-4H2,1-2H3,(H2,19,20,22). The van der Waals surface area contributed by atoms with Gasteiger partial charge in [0.2, 0.25) is 0 Å². The SMILES string of the molecule is CCOc1ccccc1NC(=O)Nc1ccc2c(c1)oc(=O)n2CC. The molecule has 0 unspecified atom stereocenters. The number of carbonyl (C=O) groups is 1. The van der Waals surface area contributed by atoms with Gasteiger partial charge in [-0.05, 0) is 38.1 Å². The van der Waals surface area contributed by atoms with Gasteiger partial charge in [-0.15, -0.1) is 0 Å². The Morgan fingerprint density at radius 2 is 1.96 bits per heavy atom. The average Bonchev–Trinajstić information content (AvgIpc) is 2.91. The monoisotopic (exact) mass is 341 g/mol. The van der Waals surface area contributed by atoms with Gasteiger partial charge in [-0.25, -0.2) is 9.59 Å². The summed E-state index contributed by atoms with van der Waals surface area (Å²) < 4.78 is 12.2. The summed E-state index contributed by atoms with van der Waals surface area (Å²) in [5.74, 6) is 0.186. The van der Waals surface area contributed by atoms with Gasteiger partial charge in [-0.2, -0.15) is 0 Å². The zero-order chi connectivity index (χ0) is 17.8. The lowest BCUT2D eigenvalue weighted by atomic mass is 10.2. The number of nitrogens with one attached hydrogen (secondary N) is 2. The van der Waals surface area contributed by atoms with E-state index in [4.69, 9.17) is 9.15 Å². The molecule has 2 amide bonds. The van der Waals surface area contributed by atoms with Crippen molar-refractivity contribution in [3.8, 4) is 5.75 Å². The maximum Gasteiger partial charge on any atom is 0.419 e. The number of fused-ring (bicyclic) bond motifs is 1. The number of urea groups is 1. The van der Waals surface area contributed by atoms with Crippen LogP contribution in [0, 0.1) is 0 Å². The maximum absolute atomic E-state index is 12.2. The number of anilines is 2. The lowest BCUT2D eigenvalue weighted by Gasteiger charge is -2.12. The van der Waals surface area contributed by atoms with Gasteiger partial charge in [0.05, 0.1) is 17.8 Å². The van der Waals surface area contributed by atoms with E-state index in [-0.39, 0.29) is 0 Å². The second-order valence-electron chi connectivity index (χ2n) is 5.30. The molecule has 25 heavy (non-hydrogen) atoms. The minimum Gasteiger partial charge on any atom is -0.492 e. The van der Waals surface area contributed by atoms with Crippen LogP contribution < -0.4 is 21.1 Å². The Balaban J connectivity index is 1.77. The zero-order valence-electron chi connectivity index (χ0n) is 14.0. The molecule has 0 fully saturated rings. The maximum atomic E-state index is 12.2. The first-order valence-electron chi connectivity index (χ1n) is 8.05. The Morgan fingerprint density at radius 1 is 1.16 bits per heavy atom. The van der Waals surface area contributed by atoms with E-state index in [2.05, 4.69) is 10.6 Å². The molecule has 0 bridgehead atoms. The molecular formula is C18H19N3O4. The summed E-state index contributed by atoms with van der Waals surface area (Å²) in [7, 11) is 0. The highest BCUT2D eigenvalue weighted by atomic mass is 16.5. The fourth-order valence-corrected chi connectivity index (χ4v) is 2.58. The Bertz CT molecular complexity index is 958. The van der Waals surface area contributed by atoms with Crippen LogP contribution in [0.4, 0.5) is 16.2 Å². The highest BCUT2D eigenvalue weighted by molar-refractivity contribution is 6.01. The van der Waals surface area contributed by atoms with Gasteiger partial charge in [0.15, 0.2) is 5.58 Å². The van der Waals surface area contributed by atoms with E-state index in [1.165, 1.54) is 4.57 Å². The topological polar surface area (TPSA) is 85.5 Å². The number of nitrogens with zero attached hydrogens (tertiary/aromatic N) is 1. The lowest BCUT2D eigenvalue weighted by molar-refractivity contribution is 0.262. The van der Waals surface area contributed by atoms with Crippen LogP contribution in [0.15, 0.2) is 51.7 Å². The van der Waals surface area contributed by atoms with Crippen molar-refractivity contribution in [1.29, 1.82) is 0 Å². The van der Waals surface area contributed by atoms with Gasteiger partial charge in [0, 0.05) is 18.3 Å². The fourth-order valence-electron chi connectivity index (χ4n) is 2.58. The van der Waals surface area contributed by atoms with Crippen LogP contribution in [0.5, 0.6) is 5.75 Å². The number of amides is 2. The number of aryl methyl sites for hydroxylation is 1. The summed E-state index contributed by atoms with van der Waals surface area (Å²) in [6.07, 6.45) is 0. The minimum absolute atomic E-state index is 0.412. The second kappa shape index (κ2) is 7.12. The number of hydrogen-bond acceptors (Lipinski definition) is 4. The largest absolute Gasteiger partial charge is 0.492 e. The van der Waals surface area contributed by atoms with Crippen molar-refractivity contribution < 1.29 is 13.9 Å². The van der Waals surface area contributed by atoms with Gasteiger partial charge < -0.3 is 19.8 Å². The Kier molecular flexibility index (Phi) is 4.74. The van der Waals surface area contributed by atoms with E-state index in [0.717, 1.165) is 0 Å². The molecule has 0 radical (unpaired) electrons. The number of rotatable bonds is 5. The summed E-state index contributed by atoms with van der Waals surface area (Å²) >= 11 is 0. The van der Waals surface area contributed by atoms with Crippen LogP contribution in [0.25, 0.3) is 11.1 Å². The van der Waals surface area contributed by atoms with Crippen molar-refractivity contribution in [3.63, 3.8) is 0 Å². The van der Waals surface area contributed by atoms with Gasteiger partial charge in [0.1, 0.15) is 5.75 Å². The van der Waals surface area contributed by atoms with Crippen molar-refractivity contribution in [1.82, 2.24) is 4.57 Å². The number of aromatic nitrogens is 1. The lowest BCUT2D eigenvalue weighted by Crippen LogP contribution is -2.19. The molecular weight excluding hydrogens is 322 g/mol. The molecule has 3 rings (SSSR count). The van der Waals surface area contributed by atoms with E-state index >= 15 is 0 Å². The number of oxazole rings is 1. The molecule has 0 aliphatic carbocycles. The fraction of sp³-hybridized carbons (Fsp3) is 0.222. The van der Waals surface area contributed by atoms with E-state index in [1.807, 2.05) is 26.0 Å². The third kappa shape index (κ3) is 3.50. The first kappa shape index (κ1) is 16.6. The number of ether oxygens (including phenoxy) is 1. The molecule has 0 saturated carbocycles. The van der Waals surface area contributed by atoms with Crippen LogP contribution in [-0.4, -0.2) is 17.2 Å². The number of benzene rings is 2. The van der Waals surface area contributed by atoms with Gasteiger partial charge in [-0.1, -0.05) is 12.1 Å². The van der Waals surface area contributed by atoms with Crippen molar-refractivity contribution in [3.05, 3.63) is 53.0 Å². The minimum atomic E-state index is -0.413. The third-order valence-electron chi connectivity index (χ3n) is 3.68. The Hall–Kier alpha value is -3.22. The zero-order valence-corrected chi connectivity index (χ0v) is 14.0. The molecule has 0 spiro atoms. The first-order chi connectivity index (χ1) is 12.1. The van der Waals surface area contributed by atoms with Crippen molar-refractivity contribution >= 4 is 28.5 Å². The second-order valence-corrected chi connectivity index (χ2v) is 5.30. The highest BCUT2D eigenvalue weighted by Crippen LogP contribution is 2.24. The molecule has 2 N–H and O–H groups in total. The molecule has 7 nitrogen and oxygen atoms in total. The van der Waals surface area contributed by atoms with Crippen LogP contribution in [0.1, 0.15) is 13.8 Å². The molecule has 3 aromatic rings. The summed E-state index contributed by atoms with van der Waals surface area (Å²) in [6, 6.07) is 11.9. The predicted molar refractivity (Wildman–Crippen MR) is 96.4 cm³/mol. The van der Waals surface area contributed by atoms with Crippen LogP contribution in [0.3, 0.4) is 0 Å². The van der Waals surface area contributed by atoms with E-state index in [1.54, 1.807) is 30.3 Å². The summed E-state index contributed by atoms with van der Waals surface area (Å²) in [4.78, 5) is 24.0. The molecule has 2 aromatic carbocycles. The molecule has 0 saturated heterocycles. The van der Waals surface area contributed by atoms with E-state index in [0.29, 0.717) is 41.4 Å². The molecule has 130 valence electrons. The summed E-state index contributed by atoms with van der Waals surface area (Å²) in [6.45, 7) is 4.77. The Labute approximate surface area is 144 Å². The van der Waals surface area contributed by atoms with Crippen LogP contribution in [0.2, 0.25) is 0 Å². The molecule has 1 aromatic heterocycles. The van der Waals surface area contributed by atoms with E-state index < -0.39 is 11.8 Å². The average molecular weight is 341 g/mol.